The number of phosphoric acid groups is 1. The fourth-order valence-electron chi connectivity index (χ4n) is 1.03. The Balaban J connectivity index is 2.34. The van der Waals surface area contributed by atoms with E-state index in [1.165, 1.54) is 0 Å². The van der Waals surface area contributed by atoms with Crippen molar-refractivity contribution in [1.29, 1.82) is 0 Å². The van der Waals surface area contributed by atoms with Crippen molar-refractivity contribution < 1.29 is 33.8 Å². The van der Waals surface area contributed by atoms with Gasteiger partial charge in [-0.1, -0.05) is 0 Å². The van der Waals surface area contributed by atoms with E-state index in [1.54, 1.807) is 0 Å². The molecule has 0 aliphatic carbocycles. The molecule has 13 heavy (non-hydrogen) atoms. The highest BCUT2D eigenvalue weighted by Gasteiger charge is 2.34. The molecule has 0 aromatic carbocycles. The van der Waals surface area contributed by atoms with Gasteiger partial charge in [-0.3, -0.25) is 4.52 Å². The molecule has 0 saturated carbocycles. The van der Waals surface area contributed by atoms with Gasteiger partial charge in [0.1, 0.15) is 6.10 Å². The second kappa shape index (κ2) is 4.02. The molecular weight excluding hydrogens is 203 g/mol. The second-order valence-corrected chi connectivity index (χ2v) is 3.96. The molecule has 1 aliphatic heterocycles. The van der Waals surface area contributed by atoms with E-state index in [0.29, 0.717) is 0 Å². The molecule has 1 fully saturated rings. The van der Waals surface area contributed by atoms with Crippen molar-refractivity contribution in [3.8, 4) is 0 Å². The predicted octanol–water partition coefficient (Wildman–Crippen LogP) is -1.44. The minimum Gasteiger partial charge on any atom is -0.390 e. The maximum atomic E-state index is 10.2. The molecule has 1 heterocycles. The summed E-state index contributed by atoms with van der Waals surface area (Å²) in [6, 6.07) is 0. The lowest BCUT2D eigenvalue weighted by Crippen LogP contribution is -2.25. The number of rotatable bonds is 3. The zero-order valence-electron chi connectivity index (χ0n) is 6.61. The van der Waals surface area contributed by atoms with Crippen molar-refractivity contribution in [2.24, 2.45) is 0 Å². The standard InChI is InChI=1S/C5H11O7P/c6-3-1-5(7)12-4(3)2-11-13(8,9)10/h3-7H,1-2H2,(H2,8,9,10)/t3-,4+,5+/m1/s1. The minimum atomic E-state index is -4.54. The largest absolute Gasteiger partial charge is 0.469 e. The van der Waals surface area contributed by atoms with Crippen molar-refractivity contribution in [3.05, 3.63) is 0 Å². The SMILES string of the molecule is O=P(O)(O)OC[C@@H]1O[C@H](O)C[C@H]1O. The molecular formula is C5H11O7P. The maximum Gasteiger partial charge on any atom is 0.469 e. The lowest BCUT2D eigenvalue weighted by atomic mass is 10.2. The third-order valence-electron chi connectivity index (χ3n) is 1.61. The van der Waals surface area contributed by atoms with Crippen LogP contribution in [0.4, 0.5) is 0 Å². The normalized spacial score (nSPS) is 35.2. The Morgan fingerprint density at radius 1 is 1.46 bits per heavy atom. The van der Waals surface area contributed by atoms with Crippen LogP contribution in [0.3, 0.4) is 0 Å². The Morgan fingerprint density at radius 2 is 2.08 bits per heavy atom. The summed E-state index contributed by atoms with van der Waals surface area (Å²) in [4.78, 5) is 16.6. The van der Waals surface area contributed by atoms with Gasteiger partial charge in [-0.2, -0.15) is 0 Å². The number of ether oxygens (including phenoxy) is 1. The zero-order valence-corrected chi connectivity index (χ0v) is 7.50. The van der Waals surface area contributed by atoms with E-state index in [9.17, 15) is 4.57 Å². The van der Waals surface area contributed by atoms with E-state index in [1.807, 2.05) is 0 Å². The molecule has 1 saturated heterocycles. The lowest BCUT2D eigenvalue weighted by Gasteiger charge is -2.13. The molecule has 0 aromatic heterocycles. The molecule has 0 bridgehead atoms. The third-order valence-corrected chi connectivity index (χ3v) is 2.10. The highest BCUT2D eigenvalue weighted by atomic mass is 31.2. The lowest BCUT2D eigenvalue weighted by molar-refractivity contribution is -0.106. The van der Waals surface area contributed by atoms with Crippen molar-refractivity contribution in [2.45, 2.75) is 24.9 Å². The Kier molecular flexibility index (Phi) is 3.42. The maximum absolute atomic E-state index is 10.2. The van der Waals surface area contributed by atoms with Crippen LogP contribution in [0, 0.1) is 0 Å². The number of aliphatic hydroxyl groups excluding tert-OH is 2. The monoisotopic (exact) mass is 214 g/mol. The smallest absolute Gasteiger partial charge is 0.390 e. The summed E-state index contributed by atoms with van der Waals surface area (Å²) in [5.41, 5.74) is 0. The fraction of sp³-hybridized carbons (Fsp3) is 1.00. The van der Waals surface area contributed by atoms with Gasteiger partial charge in [0, 0.05) is 6.42 Å². The van der Waals surface area contributed by atoms with E-state index < -0.39 is 32.9 Å². The van der Waals surface area contributed by atoms with Gasteiger partial charge in [0.25, 0.3) is 0 Å². The van der Waals surface area contributed by atoms with Crippen LogP contribution < -0.4 is 0 Å². The van der Waals surface area contributed by atoms with Gasteiger partial charge < -0.3 is 24.7 Å². The van der Waals surface area contributed by atoms with Crippen molar-refractivity contribution >= 4 is 7.82 Å². The second-order valence-electron chi connectivity index (χ2n) is 2.72. The molecule has 4 N–H and O–H groups in total. The molecule has 1 aliphatic rings. The van der Waals surface area contributed by atoms with Crippen LogP contribution in [0.25, 0.3) is 0 Å². The van der Waals surface area contributed by atoms with Crippen LogP contribution in [0.2, 0.25) is 0 Å². The van der Waals surface area contributed by atoms with Gasteiger partial charge in [0.2, 0.25) is 0 Å². The van der Waals surface area contributed by atoms with Crippen LogP contribution in [0.1, 0.15) is 6.42 Å². The Hall–Kier alpha value is -0.0100. The van der Waals surface area contributed by atoms with Gasteiger partial charge in [0.15, 0.2) is 6.29 Å². The summed E-state index contributed by atoms with van der Waals surface area (Å²) in [6.45, 7) is -0.442. The van der Waals surface area contributed by atoms with E-state index in [-0.39, 0.29) is 6.42 Å². The van der Waals surface area contributed by atoms with E-state index >= 15 is 0 Å². The van der Waals surface area contributed by atoms with Gasteiger partial charge in [-0.05, 0) is 0 Å². The summed E-state index contributed by atoms with van der Waals surface area (Å²) in [7, 11) is -4.54. The van der Waals surface area contributed by atoms with Gasteiger partial charge in [0.05, 0.1) is 12.7 Å². The average molecular weight is 214 g/mol. The average Bonchev–Trinajstić information content (AvgIpc) is 2.24. The molecule has 78 valence electrons. The van der Waals surface area contributed by atoms with Crippen molar-refractivity contribution in [1.82, 2.24) is 0 Å². The predicted molar refractivity (Wildman–Crippen MR) is 39.5 cm³/mol. The topological polar surface area (TPSA) is 116 Å². The molecule has 8 heteroatoms. The van der Waals surface area contributed by atoms with Gasteiger partial charge >= 0.3 is 7.82 Å². The first kappa shape index (κ1) is 11.1. The highest BCUT2D eigenvalue weighted by Crippen LogP contribution is 2.36. The van der Waals surface area contributed by atoms with Gasteiger partial charge in [-0.15, -0.1) is 0 Å². The van der Waals surface area contributed by atoms with Crippen LogP contribution in [0.5, 0.6) is 0 Å². The molecule has 1 rings (SSSR count). The van der Waals surface area contributed by atoms with E-state index in [2.05, 4.69) is 4.52 Å². The van der Waals surface area contributed by atoms with E-state index in [0.717, 1.165) is 0 Å². The molecule has 0 spiro atoms. The third kappa shape index (κ3) is 3.70. The summed E-state index contributed by atoms with van der Waals surface area (Å²) in [6.07, 6.45) is -2.92. The summed E-state index contributed by atoms with van der Waals surface area (Å²) < 4.78 is 19.1. The summed E-state index contributed by atoms with van der Waals surface area (Å²) in [5.74, 6) is 0. The Morgan fingerprint density at radius 3 is 2.46 bits per heavy atom. The molecule has 7 nitrogen and oxygen atoms in total. The van der Waals surface area contributed by atoms with Crippen LogP contribution >= 0.6 is 7.82 Å². The van der Waals surface area contributed by atoms with Crippen LogP contribution in [-0.2, 0) is 13.8 Å². The number of aliphatic hydroxyl groups is 2. The zero-order chi connectivity index (χ0) is 10.1. The molecule has 3 atom stereocenters. The number of hydrogen-bond donors (Lipinski definition) is 4. The minimum absolute atomic E-state index is 0.0230. The first-order valence-corrected chi connectivity index (χ1v) is 5.13. The van der Waals surface area contributed by atoms with E-state index in [4.69, 9.17) is 24.7 Å². The first-order valence-electron chi connectivity index (χ1n) is 3.60. The Bertz CT molecular complexity index is 213. The highest BCUT2D eigenvalue weighted by molar-refractivity contribution is 7.46. The molecule has 0 amide bonds. The summed E-state index contributed by atoms with van der Waals surface area (Å²) >= 11 is 0. The van der Waals surface area contributed by atoms with Crippen LogP contribution in [0.15, 0.2) is 0 Å². The quantitative estimate of drug-likeness (QED) is 0.425. The molecule has 0 unspecified atom stereocenters. The van der Waals surface area contributed by atoms with Crippen molar-refractivity contribution in [3.63, 3.8) is 0 Å². The molecule has 0 aromatic rings. The van der Waals surface area contributed by atoms with Crippen LogP contribution in [-0.4, -0.2) is 45.1 Å². The number of hydrogen-bond acceptors (Lipinski definition) is 5. The number of phosphoric ester groups is 1. The van der Waals surface area contributed by atoms with Crippen molar-refractivity contribution in [2.75, 3.05) is 6.61 Å². The molecule has 0 radical (unpaired) electrons. The first-order chi connectivity index (χ1) is 5.88. The summed E-state index contributed by atoms with van der Waals surface area (Å²) in [5, 5.41) is 18.0. The van der Waals surface area contributed by atoms with Gasteiger partial charge in [-0.25, -0.2) is 4.57 Å². The Labute approximate surface area is 74.1 Å². The fourth-order valence-corrected chi connectivity index (χ4v) is 1.37.